The minimum absolute atomic E-state index is 0.183. The Kier molecular flexibility index (Phi) is 4.77. The SMILES string of the molecule is COCC(C)N(C)C1CC(C)(C)CCC1O. The van der Waals surface area contributed by atoms with Crippen LogP contribution in [0.5, 0.6) is 0 Å². The number of rotatable bonds is 4. The molecule has 3 heteroatoms. The topological polar surface area (TPSA) is 32.7 Å². The van der Waals surface area contributed by atoms with Crippen LogP contribution in [0.3, 0.4) is 0 Å². The van der Waals surface area contributed by atoms with Crippen LogP contribution in [0.4, 0.5) is 0 Å². The van der Waals surface area contributed by atoms with Crippen LogP contribution < -0.4 is 0 Å². The molecule has 0 bridgehead atoms. The quantitative estimate of drug-likeness (QED) is 0.799. The Morgan fingerprint density at radius 2 is 2.12 bits per heavy atom. The second kappa shape index (κ2) is 5.48. The molecule has 0 aliphatic heterocycles. The molecule has 0 amide bonds. The molecule has 0 heterocycles. The molecular weight excluding hydrogens is 202 g/mol. The lowest BCUT2D eigenvalue weighted by atomic mass is 9.73. The third-order valence-electron chi connectivity index (χ3n) is 3.95. The van der Waals surface area contributed by atoms with Crippen molar-refractivity contribution in [1.82, 2.24) is 4.90 Å². The van der Waals surface area contributed by atoms with Crippen LogP contribution in [-0.2, 0) is 4.74 Å². The fraction of sp³-hybridized carbons (Fsp3) is 1.00. The van der Waals surface area contributed by atoms with E-state index < -0.39 is 0 Å². The molecule has 1 N–H and O–H groups in total. The highest BCUT2D eigenvalue weighted by molar-refractivity contribution is 4.91. The summed E-state index contributed by atoms with van der Waals surface area (Å²) in [5.74, 6) is 0. The summed E-state index contributed by atoms with van der Waals surface area (Å²) in [4.78, 5) is 2.27. The zero-order valence-electron chi connectivity index (χ0n) is 11.4. The molecular formula is C13H27NO2. The monoisotopic (exact) mass is 229 g/mol. The van der Waals surface area contributed by atoms with E-state index in [1.165, 1.54) is 0 Å². The largest absolute Gasteiger partial charge is 0.391 e. The summed E-state index contributed by atoms with van der Waals surface area (Å²) in [6.45, 7) is 7.46. The normalized spacial score (nSPS) is 31.7. The van der Waals surface area contributed by atoms with Crippen molar-refractivity contribution in [3.8, 4) is 0 Å². The van der Waals surface area contributed by atoms with Gasteiger partial charge in [0.15, 0.2) is 0 Å². The lowest BCUT2D eigenvalue weighted by Gasteiger charge is -2.44. The molecule has 3 unspecified atom stereocenters. The van der Waals surface area contributed by atoms with Crippen LogP contribution in [0.1, 0.15) is 40.0 Å². The smallest absolute Gasteiger partial charge is 0.0695 e. The third-order valence-corrected chi connectivity index (χ3v) is 3.95. The maximum absolute atomic E-state index is 10.1. The summed E-state index contributed by atoms with van der Waals surface area (Å²) in [5, 5.41) is 10.1. The van der Waals surface area contributed by atoms with Crippen LogP contribution >= 0.6 is 0 Å². The average Bonchev–Trinajstić information content (AvgIpc) is 2.21. The molecule has 96 valence electrons. The molecule has 0 spiro atoms. The minimum Gasteiger partial charge on any atom is -0.391 e. The van der Waals surface area contributed by atoms with Crippen LogP contribution in [0.25, 0.3) is 0 Å². The summed E-state index contributed by atoms with van der Waals surface area (Å²) in [6.07, 6.45) is 2.93. The van der Waals surface area contributed by atoms with Gasteiger partial charge in [0.1, 0.15) is 0 Å². The molecule has 1 aliphatic carbocycles. The molecule has 0 saturated heterocycles. The van der Waals surface area contributed by atoms with E-state index >= 15 is 0 Å². The van der Waals surface area contributed by atoms with E-state index in [4.69, 9.17) is 4.74 Å². The van der Waals surface area contributed by atoms with Crippen LogP contribution in [0.2, 0.25) is 0 Å². The van der Waals surface area contributed by atoms with E-state index in [1.807, 2.05) is 0 Å². The van der Waals surface area contributed by atoms with Crippen molar-refractivity contribution < 1.29 is 9.84 Å². The maximum Gasteiger partial charge on any atom is 0.0695 e. The Labute approximate surface area is 99.8 Å². The number of ether oxygens (including phenoxy) is 1. The number of nitrogens with zero attached hydrogens (tertiary/aromatic N) is 1. The van der Waals surface area contributed by atoms with Gasteiger partial charge < -0.3 is 9.84 Å². The van der Waals surface area contributed by atoms with Crippen molar-refractivity contribution in [2.24, 2.45) is 5.41 Å². The minimum atomic E-state index is -0.183. The van der Waals surface area contributed by atoms with Gasteiger partial charge in [0.05, 0.1) is 12.7 Å². The number of hydrogen-bond acceptors (Lipinski definition) is 3. The molecule has 0 aromatic heterocycles. The predicted octanol–water partition coefficient (Wildman–Crippen LogP) is 1.89. The summed E-state index contributed by atoms with van der Waals surface area (Å²) in [7, 11) is 3.82. The summed E-state index contributed by atoms with van der Waals surface area (Å²) in [5.41, 5.74) is 0.352. The van der Waals surface area contributed by atoms with Gasteiger partial charge in [-0.05, 0) is 38.6 Å². The molecule has 1 fully saturated rings. The van der Waals surface area contributed by atoms with Crippen molar-refractivity contribution in [3.63, 3.8) is 0 Å². The van der Waals surface area contributed by atoms with Crippen molar-refractivity contribution in [1.29, 1.82) is 0 Å². The summed E-state index contributed by atoms with van der Waals surface area (Å²) >= 11 is 0. The first-order valence-corrected chi connectivity index (χ1v) is 6.26. The fourth-order valence-electron chi connectivity index (χ4n) is 2.64. The van der Waals surface area contributed by atoms with Gasteiger partial charge in [-0.1, -0.05) is 13.8 Å². The van der Waals surface area contributed by atoms with Gasteiger partial charge in [-0.3, -0.25) is 4.90 Å². The Hall–Kier alpha value is -0.120. The molecule has 1 saturated carbocycles. The standard InChI is InChI=1S/C13H27NO2/c1-10(9-16-5)14(4)11-8-13(2,3)7-6-12(11)15/h10-12,15H,6-9H2,1-5H3. The number of likely N-dealkylation sites (N-methyl/N-ethyl adjacent to an activating group) is 1. The lowest BCUT2D eigenvalue weighted by Crippen LogP contribution is -2.51. The van der Waals surface area contributed by atoms with Crippen molar-refractivity contribution in [2.45, 2.75) is 58.2 Å². The molecule has 0 aromatic rings. The average molecular weight is 229 g/mol. The van der Waals surface area contributed by atoms with Gasteiger partial charge in [0, 0.05) is 19.2 Å². The van der Waals surface area contributed by atoms with Gasteiger partial charge in [-0.2, -0.15) is 0 Å². The molecule has 0 aromatic carbocycles. The van der Waals surface area contributed by atoms with Gasteiger partial charge in [0.2, 0.25) is 0 Å². The second-order valence-electron chi connectivity index (χ2n) is 6.01. The van der Waals surface area contributed by atoms with Crippen LogP contribution in [0.15, 0.2) is 0 Å². The van der Waals surface area contributed by atoms with Crippen molar-refractivity contribution in [3.05, 3.63) is 0 Å². The lowest BCUT2D eigenvalue weighted by molar-refractivity contribution is -0.0313. The zero-order chi connectivity index (χ0) is 12.3. The van der Waals surface area contributed by atoms with E-state index in [2.05, 4.69) is 32.7 Å². The fourth-order valence-corrected chi connectivity index (χ4v) is 2.64. The van der Waals surface area contributed by atoms with E-state index in [0.29, 0.717) is 11.5 Å². The Morgan fingerprint density at radius 3 is 2.69 bits per heavy atom. The van der Waals surface area contributed by atoms with Gasteiger partial charge >= 0.3 is 0 Å². The third kappa shape index (κ3) is 3.44. The van der Waals surface area contributed by atoms with Crippen molar-refractivity contribution >= 4 is 0 Å². The zero-order valence-corrected chi connectivity index (χ0v) is 11.4. The molecule has 0 radical (unpaired) electrons. The first-order chi connectivity index (χ1) is 7.37. The van der Waals surface area contributed by atoms with E-state index in [9.17, 15) is 5.11 Å². The highest BCUT2D eigenvalue weighted by Gasteiger charge is 2.37. The Morgan fingerprint density at radius 1 is 1.50 bits per heavy atom. The number of methoxy groups -OCH3 is 1. The summed E-state index contributed by atoms with van der Waals surface area (Å²) < 4.78 is 5.18. The highest BCUT2D eigenvalue weighted by Crippen LogP contribution is 2.37. The highest BCUT2D eigenvalue weighted by atomic mass is 16.5. The van der Waals surface area contributed by atoms with Gasteiger partial charge in [-0.15, -0.1) is 0 Å². The number of aliphatic hydroxyl groups excluding tert-OH is 1. The first-order valence-electron chi connectivity index (χ1n) is 6.26. The summed E-state index contributed by atoms with van der Waals surface area (Å²) in [6, 6.07) is 0.632. The molecule has 3 nitrogen and oxygen atoms in total. The number of hydrogen-bond donors (Lipinski definition) is 1. The van der Waals surface area contributed by atoms with Crippen LogP contribution in [0, 0.1) is 5.41 Å². The van der Waals surface area contributed by atoms with Crippen molar-refractivity contribution in [2.75, 3.05) is 20.8 Å². The second-order valence-corrected chi connectivity index (χ2v) is 6.01. The van der Waals surface area contributed by atoms with Gasteiger partial charge in [0.25, 0.3) is 0 Å². The molecule has 1 aliphatic rings. The van der Waals surface area contributed by atoms with E-state index in [-0.39, 0.29) is 12.1 Å². The molecule has 3 atom stereocenters. The molecule has 16 heavy (non-hydrogen) atoms. The van der Waals surface area contributed by atoms with Gasteiger partial charge in [-0.25, -0.2) is 0 Å². The Bertz CT molecular complexity index is 218. The molecule has 1 rings (SSSR count). The predicted molar refractivity (Wildman–Crippen MR) is 66.5 cm³/mol. The van der Waals surface area contributed by atoms with E-state index in [1.54, 1.807) is 7.11 Å². The Balaban J connectivity index is 2.61. The van der Waals surface area contributed by atoms with Crippen LogP contribution in [-0.4, -0.2) is 49.0 Å². The van der Waals surface area contributed by atoms with E-state index in [0.717, 1.165) is 25.9 Å². The first kappa shape index (κ1) is 13.9. The number of aliphatic hydroxyl groups is 1. The maximum atomic E-state index is 10.1.